The van der Waals surface area contributed by atoms with Crippen LogP contribution in [0.15, 0.2) is 24.3 Å². The monoisotopic (exact) mass is 347 g/mol. The Balaban J connectivity index is 1.94. The van der Waals surface area contributed by atoms with Gasteiger partial charge in [-0.1, -0.05) is 25.1 Å². The van der Waals surface area contributed by atoms with Crippen molar-refractivity contribution in [3.8, 4) is 0 Å². The summed E-state index contributed by atoms with van der Waals surface area (Å²) < 4.78 is 4.91. The van der Waals surface area contributed by atoms with Gasteiger partial charge in [0.25, 0.3) is 5.91 Å². The smallest absolute Gasteiger partial charge is 0.321 e. The highest BCUT2D eigenvalue weighted by atomic mass is 16.5. The molecule has 0 spiro atoms. The number of para-hydroxylation sites is 1. The number of aryl methyl sites for hydroxylation is 1. The molecule has 0 aliphatic carbocycles. The minimum atomic E-state index is -0.731. The highest BCUT2D eigenvalue weighted by molar-refractivity contribution is 6.00. The molecule has 1 fully saturated rings. The van der Waals surface area contributed by atoms with Crippen LogP contribution in [0.1, 0.15) is 18.9 Å². The van der Waals surface area contributed by atoms with Crippen molar-refractivity contribution in [3.63, 3.8) is 0 Å². The van der Waals surface area contributed by atoms with Crippen LogP contribution in [-0.2, 0) is 25.5 Å². The molecule has 1 aromatic carbocycles. The summed E-state index contributed by atoms with van der Waals surface area (Å²) >= 11 is 0. The molecule has 0 saturated carbocycles. The van der Waals surface area contributed by atoms with Crippen LogP contribution < -0.4 is 15.5 Å². The molecule has 0 bridgehead atoms. The van der Waals surface area contributed by atoms with Crippen LogP contribution in [0.3, 0.4) is 0 Å². The lowest BCUT2D eigenvalue weighted by atomic mass is 10.1. The Hall–Kier alpha value is -2.90. The zero-order valence-electron chi connectivity index (χ0n) is 14.2. The van der Waals surface area contributed by atoms with E-state index in [1.54, 1.807) is 4.90 Å². The Bertz CT molecular complexity index is 689. The van der Waals surface area contributed by atoms with Crippen molar-refractivity contribution in [1.82, 2.24) is 10.6 Å². The van der Waals surface area contributed by atoms with Gasteiger partial charge in [0.05, 0.1) is 5.92 Å². The van der Waals surface area contributed by atoms with Gasteiger partial charge in [-0.2, -0.15) is 0 Å². The third-order valence-electron chi connectivity index (χ3n) is 3.95. The summed E-state index contributed by atoms with van der Waals surface area (Å²) in [6, 6.07) is 6.86. The van der Waals surface area contributed by atoms with E-state index < -0.39 is 30.4 Å². The summed E-state index contributed by atoms with van der Waals surface area (Å²) in [4.78, 5) is 48.4. The topological polar surface area (TPSA) is 105 Å². The number of ether oxygens (including phenoxy) is 1. The van der Waals surface area contributed by atoms with E-state index >= 15 is 0 Å². The molecule has 1 atom stereocenters. The van der Waals surface area contributed by atoms with E-state index in [9.17, 15) is 19.2 Å². The maximum absolute atomic E-state index is 12.3. The summed E-state index contributed by atoms with van der Waals surface area (Å²) in [5.41, 5.74) is 1.82. The highest BCUT2D eigenvalue weighted by Crippen LogP contribution is 2.28. The first kappa shape index (κ1) is 18.4. The highest BCUT2D eigenvalue weighted by Gasteiger charge is 2.37. The molecule has 1 heterocycles. The predicted octanol–water partition coefficient (Wildman–Crippen LogP) is 0.601. The quantitative estimate of drug-likeness (QED) is 0.759. The number of urea groups is 1. The summed E-state index contributed by atoms with van der Waals surface area (Å²) in [6.45, 7) is 1.64. The number of rotatable bonds is 5. The maximum atomic E-state index is 12.3. The Morgan fingerprint density at radius 3 is 2.68 bits per heavy atom. The number of hydrogen-bond acceptors (Lipinski definition) is 5. The van der Waals surface area contributed by atoms with Crippen molar-refractivity contribution >= 4 is 29.5 Å². The molecule has 0 aromatic heterocycles. The lowest BCUT2D eigenvalue weighted by Gasteiger charge is -2.19. The van der Waals surface area contributed by atoms with E-state index in [4.69, 9.17) is 4.74 Å². The van der Waals surface area contributed by atoms with Gasteiger partial charge in [-0.15, -0.1) is 0 Å². The molecule has 0 radical (unpaired) electrons. The molecule has 1 aromatic rings. The molecule has 8 nitrogen and oxygen atoms in total. The van der Waals surface area contributed by atoms with E-state index in [0.717, 1.165) is 17.7 Å². The van der Waals surface area contributed by atoms with Crippen molar-refractivity contribution in [3.05, 3.63) is 29.8 Å². The Labute approximate surface area is 145 Å². The number of hydrogen-bond donors (Lipinski definition) is 2. The number of carbonyl (C=O) groups excluding carboxylic acids is 4. The number of carbonyl (C=O) groups is 4. The fraction of sp³-hybridized carbons (Fsp3) is 0.412. The Morgan fingerprint density at radius 2 is 2.00 bits per heavy atom. The van der Waals surface area contributed by atoms with Crippen molar-refractivity contribution in [1.29, 1.82) is 0 Å². The second-order valence-electron chi connectivity index (χ2n) is 5.62. The lowest BCUT2D eigenvalue weighted by molar-refractivity contribution is -0.152. The molecule has 25 heavy (non-hydrogen) atoms. The van der Waals surface area contributed by atoms with Gasteiger partial charge in [0.2, 0.25) is 5.91 Å². The summed E-state index contributed by atoms with van der Waals surface area (Å²) in [5, 5.41) is 4.21. The average molecular weight is 347 g/mol. The van der Waals surface area contributed by atoms with Crippen LogP contribution >= 0.6 is 0 Å². The molecule has 2 N–H and O–H groups in total. The molecule has 1 saturated heterocycles. The van der Waals surface area contributed by atoms with Gasteiger partial charge in [-0.3, -0.25) is 19.7 Å². The van der Waals surface area contributed by atoms with Crippen LogP contribution in [0.5, 0.6) is 0 Å². The fourth-order valence-electron chi connectivity index (χ4n) is 2.65. The molecule has 2 rings (SSSR count). The molecule has 8 heteroatoms. The molecule has 134 valence electrons. The first-order valence-electron chi connectivity index (χ1n) is 8.02. The Morgan fingerprint density at radius 1 is 1.28 bits per heavy atom. The summed E-state index contributed by atoms with van der Waals surface area (Å²) in [5.74, 6) is -2.15. The number of anilines is 1. The van der Waals surface area contributed by atoms with Gasteiger partial charge in [0, 0.05) is 25.7 Å². The minimum Gasteiger partial charge on any atom is -0.455 e. The van der Waals surface area contributed by atoms with Gasteiger partial charge in [0.15, 0.2) is 6.61 Å². The molecule has 1 aliphatic heterocycles. The summed E-state index contributed by atoms with van der Waals surface area (Å²) in [6.07, 6.45) is 0.808. The lowest BCUT2D eigenvalue weighted by Crippen LogP contribution is -2.40. The number of nitrogens with one attached hydrogen (secondary N) is 2. The van der Waals surface area contributed by atoms with E-state index in [1.165, 1.54) is 7.05 Å². The fourth-order valence-corrected chi connectivity index (χ4v) is 2.65. The normalized spacial score (nSPS) is 16.5. The van der Waals surface area contributed by atoms with Gasteiger partial charge in [-0.05, 0) is 18.1 Å². The zero-order valence-corrected chi connectivity index (χ0v) is 14.2. The first-order valence-corrected chi connectivity index (χ1v) is 8.02. The van der Waals surface area contributed by atoms with Crippen molar-refractivity contribution in [2.75, 3.05) is 25.1 Å². The second-order valence-corrected chi connectivity index (χ2v) is 5.62. The summed E-state index contributed by atoms with van der Waals surface area (Å²) in [7, 11) is 1.36. The standard InChI is InChI=1S/C17H21N3O5/c1-3-11-6-4-5-7-13(11)20-9-12(8-15(20)22)16(23)25-10-14(21)19-17(24)18-2/h4-7,12H,3,8-10H2,1-2H3,(H2,18,19,21,24)/t12-/m1/s1. The molecule has 0 unspecified atom stereocenters. The van der Waals surface area contributed by atoms with Crippen molar-refractivity contribution < 1.29 is 23.9 Å². The number of benzene rings is 1. The van der Waals surface area contributed by atoms with Gasteiger partial charge in [0.1, 0.15) is 0 Å². The third kappa shape index (κ3) is 4.56. The van der Waals surface area contributed by atoms with Crippen LogP contribution in [0.4, 0.5) is 10.5 Å². The molecular weight excluding hydrogens is 326 g/mol. The van der Waals surface area contributed by atoms with Gasteiger partial charge < -0.3 is 15.0 Å². The van der Waals surface area contributed by atoms with Crippen LogP contribution in [0.25, 0.3) is 0 Å². The number of nitrogens with zero attached hydrogens (tertiary/aromatic N) is 1. The second kappa shape index (κ2) is 8.27. The van der Waals surface area contributed by atoms with Crippen LogP contribution in [0, 0.1) is 5.92 Å². The number of amides is 4. The van der Waals surface area contributed by atoms with E-state index in [-0.39, 0.29) is 18.9 Å². The maximum Gasteiger partial charge on any atom is 0.321 e. The number of imide groups is 1. The predicted molar refractivity (Wildman–Crippen MR) is 89.8 cm³/mol. The zero-order chi connectivity index (χ0) is 18.4. The molecule has 4 amide bonds. The van der Waals surface area contributed by atoms with E-state index in [0.29, 0.717) is 0 Å². The molecule has 1 aliphatic rings. The third-order valence-corrected chi connectivity index (χ3v) is 3.95. The van der Waals surface area contributed by atoms with Crippen LogP contribution in [-0.4, -0.2) is 44.0 Å². The molecular formula is C17H21N3O5. The number of esters is 1. The largest absolute Gasteiger partial charge is 0.455 e. The van der Waals surface area contributed by atoms with Gasteiger partial charge in [-0.25, -0.2) is 4.79 Å². The van der Waals surface area contributed by atoms with Crippen LogP contribution in [0.2, 0.25) is 0 Å². The van der Waals surface area contributed by atoms with Crippen molar-refractivity contribution in [2.24, 2.45) is 5.92 Å². The Kier molecular flexibility index (Phi) is 6.10. The van der Waals surface area contributed by atoms with Crippen molar-refractivity contribution in [2.45, 2.75) is 19.8 Å². The van der Waals surface area contributed by atoms with E-state index in [2.05, 4.69) is 5.32 Å². The van der Waals surface area contributed by atoms with Gasteiger partial charge >= 0.3 is 12.0 Å². The minimum absolute atomic E-state index is 0.0357. The SMILES string of the molecule is CCc1ccccc1N1C[C@H](C(=O)OCC(=O)NC(=O)NC)CC1=O. The van der Waals surface area contributed by atoms with E-state index in [1.807, 2.05) is 36.5 Å². The average Bonchev–Trinajstić information content (AvgIpc) is 3.01. The first-order chi connectivity index (χ1) is 12.0.